The summed E-state index contributed by atoms with van der Waals surface area (Å²) in [6.07, 6.45) is 3.25. The molecule has 0 aromatic rings. The van der Waals surface area contributed by atoms with E-state index in [9.17, 15) is 9.59 Å². The number of hydrogen-bond acceptors (Lipinski definition) is 3. The molecule has 6 nitrogen and oxygen atoms in total. The molecule has 1 heterocycles. The van der Waals surface area contributed by atoms with Crippen LogP contribution in [-0.4, -0.2) is 55.2 Å². The van der Waals surface area contributed by atoms with Gasteiger partial charge in [-0.3, -0.25) is 0 Å². The van der Waals surface area contributed by atoms with E-state index in [1.807, 2.05) is 19.9 Å². The van der Waals surface area contributed by atoms with Crippen LogP contribution in [0.1, 0.15) is 13.8 Å². The number of urea groups is 1. The molecule has 1 N–H and O–H groups in total. The predicted octanol–water partition coefficient (Wildman–Crippen LogP) is 1.25. The molecular weight excluding hydrogens is 234 g/mol. The zero-order valence-electron chi connectivity index (χ0n) is 11.2. The van der Waals surface area contributed by atoms with E-state index in [0.29, 0.717) is 32.1 Å². The number of nitrogens with zero attached hydrogens (tertiary/aromatic N) is 2. The highest BCUT2D eigenvalue weighted by Gasteiger charge is 2.23. The van der Waals surface area contributed by atoms with Crippen LogP contribution in [-0.2, 0) is 4.74 Å². The number of rotatable bonds is 2. The van der Waals surface area contributed by atoms with E-state index >= 15 is 0 Å². The Bertz CT molecular complexity index is 321. The Hall–Kier alpha value is -1.72. The van der Waals surface area contributed by atoms with Crippen molar-refractivity contribution in [2.45, 2.75) is 13.8 Å². The standard InChI is InChI=1S/C12H21N3O3/c1-10(2)4-5-13-11(16)14-6-8-15(9-7-14)12(17)18-3/h4-5,10H,6-9H2,1-3H3,(H,13,16)/b5-4+. The summed E-state index contributed by atoms with van der Waals surface area (Å²) < 4.78 is 4.63. The highest BCUT2D eigenvalue weighted by molar-refractivity contribution is 5.75. The maximum Gasteiger partial charge on any atom is 0.409 e. The van der Waals surface area contributed by atoms with Gasteiger partial charge in [0, 0.05) is 32.4 Å². The van der Waals surface area contributed by atoms with Gasteiger partial charge in [-0.05, 0) is 5.92 Å². The van der Waals surface area contributed by atoms with E-state index in [1.165, 1.54) is 7.11 Å². The van der Waals surface area contributed by atoms with Crippen molar-refractivity contribution in [2.24, 2.45) is 5.92 Å². The van der Waals surface area contributed by atoms with Gasteiger partial charge in [-0.15, -0.1) is 0 Å². The maximum atomic E-state index is 11.8. The van der Waals surface area contributed by atoms with Crippen LogP contribution >= 0.6 is 0 Å². The fourth-order valence-corrected chi connectivity index (χ4v) is 1.62. The van der Waals surface area contributed by atoms with Gasteiger partial charge in [-0.25, -0.2) is 9.59 Å². The van der Waals surface area contributed by atoms with Gasteiger partial charge in [0.25, 0.3) is 0 Å². The molecule has 0 spiro atoms. The van der Waals surface area contributed by atoms with Gasteiger partial charge in [0.2, 0.25) is 0 Å². The molecule has 6 heteroatoms. The first-order valence-electron chi connectivity index (χ1n) is 6.09. The SMILES string of the molecule is COC(=O)N1CCN(C(=O)N/C=C/C(C)C)CC1. The predicted molar refractivity (Wildman–Crippen MR) is 68.1 cm³/mol. The Morgan fingerprint density at radius 1 is 1.17 bits per heavy atom. The summed E-state index contributed by atoms with van der Waals surface area (Å²) in [7, 11) is 1.36. The molecule has 0 unspecified atom stereocenters. The van der Waals surface area contributed by atoms with E-state index in [1.54, 1.807) is 16.0 Å². The number of carbonyl (C=O) groups excluding carboxylic acids is 2. The molecule has 1 rings (SSSR count). The van der Waals surface area contributed by atoms with Gasteiger partial charge < -0.3 is 19.9 Å². The lowest BCUT2D eigenvalue weighted by molar-refractivity contribution is 0.0976. The second-order valence-corrected chi connectivity index (χ2v) is 4.50. The summed E-state index contributed by atoms with van der Waals surface area (Å²) in [5.74, 6) is 0.404. The van der Waals surface area contributed by atoms with E-state index in [-0.39, 0.29) is 12.1 Å². The Labute approximate surface area is 108 Å². The van der Waals surface area contributed by atoms with Crippen molar-refractivity contribution in [2.75, 3.05) is 33.3 Å². The highest BCUT2D eigenvalue weighted by atomic mass is 16.5. The van der Waals surface area contributed by atoms with Crippen molar-refractivity contribution in [1.29, 1.82) is 0 Å². The third-order valence-electron chi connectivity index (χ3n) is 2.69. The zero-order valence-corrected chi connectivity index (χ0v) is 11.2. The lowest BCUT2D eigenvalue weighted by Crippen LogP contribution is -2.52. The Balaban J connectivity index is 2.34. The van der Waals surface area contributed by atoms with Gasteiger partial charge in [-0.2, -0.15) is 0 Å². The number of ether oxygens (including phenoxy) is 1. The van der Waals surface area contributed by atoms with E-state index in [4.69, 9.17) is 0 Å². The number of hydrogen-bond donors (Lipinski definition) is 1. The van der Waals surface area contributed by atoms with E-state index in [2.05, 4.69) is 10.1 Å². The molecule has 0 aromatic heterocycles. The number of methoxy groups -OCH3 is 1. The third-order valence-corrected chi connectivity index (χ3v) is 2.69. The second-order valence-electron chi connectivity index (χ2n) is 4.50. The molecule has 1 aliphatic rings. The Morgan fingerprint density at radius 2 is 1.72 bits per heavy atom. The maximum absolute atomic E-state index is 11.8. The molecule has 0 atom stereocenters. The molecule has 18 heavy (non-hydrogen) atoms. The summed E-state index contributed by atoms with van der Waals surface area (Å²) in [6.45, 7) is 6.14. The van der Waals surface area contributed by atoms with Crippen LogP contribution in [0.25, 0.3) is 0 Å². The molecule has 3 amide bonds. The van der Waals surface area contributed by atoms with Crippen molar-refractivity contribution in [3.63, 3.8) is 0 Å². The molecule has 0 aliphatic carbocycles. The van der Waals surface area contributed by atoms with Crippen molar-refractivity contribution >= 4 is 12.1 Å². The number of allylic oxidation sites excluding steroid dienone is 1. The van der Waals surface area contributed by atoms with Crippen molar-refractivity contribution in [3.8, 4) is 0 Å². The number of amides is 3. The van der Waals surface area contributed by atoms with Crippen molar-refractivity contribution < 1.29 is 14.3 Å². The molecular formula is C12H21N3O3. The lowest BCUT2D eigenvalue weighted by Gasteiger charge is -2.33. The quantitative estimate of drug-likeness (QED) is 0.807. The molecule has 0 saturated carbocycles. The van der Waals surface area contributed by atoms with E-state index in [0.717, 1.165) is 0 Å². The average Bonchev–Trinajstić information content (AvgIpc) is 2.37. The van der Waals surface area contributed by atoms with Gasteiger partial charge in [0.1, 0.15) is 0 Å². The largest absolute Gasteiger partial charge is 0.453 e. The Kier molecular flexibility index (Phi) is 5.48. The van der Waals surface area contributed by atoms with Gasteiger partial charge in [-0.1, -0.05) is 19.9 Å². The molecule has 102 valence electrons. The minimum Gasteiger partial charge on any atom is -0.453 e. The topological polar surface area (TPSA) is 61.9 Å². The molecule has 0 bridgehead atoms. The first-order chi connectivity index (χ1) is 8.54. The van der Waals surface area contributed by atoms with Crippen molar-refractivity contribution in [3.05, 3.63) is 12.3 Å². The summed E-state index contributed by atoms with van der Waals surface area (Å²) in [5, 5.41) is 2.71. The van der Waals surface area contributed by atoms with Crippen molar-refractivity contribution in [1.82, 2.24) is 15.1 Å². The number of piperazine rings is 1. The summed E-state index contributed by atoms with van der Waals surface area (Å²) in [6, 6.07) is -0.128. The normalized spacial score (nSPS) is 16.2. The van der Waals surface area contributed by atoms with Crippen LogP contribution in [0.15, 0.2) is 12.3 Å². The first kappa shape index (κ1) is 14.3. The zero-order chi connectivity index (χ0) is 13.5. The van der Waals surface area contributed by atoms with E-state index < -0.39 is 0 Å². The van der Waals surface area contributed by atoms with Crippen LogP contribution < -0.4 is 5.32 Å². The minimum absolute atomic E-state index is 0.128. The number of nitrogens with one attached hydrogen (secondary N) is 1. The van der Waals surface area contributed by atoms with Gasteiger partial charge in [0.15, 0.2) is 0 Å². The summed E-state index contributed by atoms with van der Waals surface area (Å²) in [4.78, 5) is 26.3. The van der Waals surface area contributed by atoms with Crippen LogP contribution in [0, 0.1) is 5.92 Å². The average molecular weight is 255 g/mol. The molecule has 0 aromatic carbocycles. The lowest BCUT2D eigenvalue weighted by atomic mass is 10.2. The van der Waals surface area contributed by atoms with Gasteiger partial charge >= 0.3 is 12.1 Å². The fourth-order valence-electron chi connectivity index (χ4n) is 1.62. The monoisotopic (exact) mass is 255 g/mol. The van der Waals surface area contributed by atoms with Crippen LogP contribution in [0.2, 0.25) is 0 Å². The third kappa shape index (κ3) is 4.27. The smallest absolute Gasteiger partial charge is 0.409 e. The summed E-state index contributed by atoms with van der Waals surface area (Å²) in [5.41, 5.74) is 0. The second kappa shape index (κ2) is 6.88. The molecule has 1 fully saturated rings. The fraction of sp³-hybridized carbons (Fsp3) is 0.667. The minimum atomic E-state index is -0.338. The molecule has 0 radical (unpaired) electrons. The van der Waals surface area contributed by atoms with Crippen LogP contribution in [0.3, 0.4) is 0 Å². The summed E-state index contributed by atoms with van der Waals surface area (Å²) >= 11 is 0. The van der Waals surface area contributed by atoms with Crippen LogP contribution in [0.4, 0.5) is 9.59 Å². The van der Waals surface area contributed by atoms with Crippen LogP contribution in [0.5, 0.6) is 0 Å². The first-order valence-corrected chi connectivity index (χ1v) is 6.09. The molecule has 1 aliphatic heterocycles. The molecule has 1 saturated heterocycles. The number of carbonyl (C=O) groups is 2. The Morgan fingerprint density at radius 3 is 2.22 bits per heavy atom. The van der Waals surface area contributed by atoms with Gasteiger partial charge in [0.05, 0.1) is 7.11 Å². The highest BCUT2D eigenvalue weighted by Crippen LogP contribution is 2.03.